The fourth-order valence-electron chi connectivity index (χ4n) is 2.93. The summed E-state index contributed by atoms with van der Waals surface area (Å²) < 4.78 is 5.22. The molecule has 0 amide bonds. The molecule has 0 aromatic heterocycles. The quantitative estimate of drug-likeness (QED) is 0.890. The van der Waals surface area contributed by atoms with Crippen LogP contribution in [0.5, 0.6) is 5.75 Å². The summed E-state index contributed by atoms with van der Waals surface area (Å²) in [4.78, 5) is 13.5. The molecule has 1 aliphatic heterocycles. The Morgan fingerprint density at radius 2 is 2.11 bits per heavy atom. The standard InChI is InChI=1S/C15H21NO3/c1-9-8-15(2,3)16(4)12-7-13(19-5)11(14(17)18)6-10(9)12/h6-7,9H,8H2,1-5H3,(H,17,18)/t9-/m1/s1. The first kappa shape index (κ1) is 13.7. The van der Waals surface area contributed by atoms with Crippen LogP contribution in [0.2, 0.25) is 0 Å². The Kier molecular flexibility index (Phi) is 3.20. The molecule has 1 N–H and O–H groups in total. The van der Waals surface area contributed by atoms with Crippen LogP contribution in [0, 0.1) is 0 Å². The third kappa shape index (κ3) is 2.15. The number of fused-ring (bicyclic) bond motifs is 1. The Hall–Kier alpha value is -1.71. The van der Waals surface area contributed by atoms with E-state index in [1.54, 1.807) is 6.07 Å². The topological polar surface area (TPSA) is 49.8 Å². The van der Waals surface area contributed by atoms with Crippen LogP contribution < -0.4 is 9.64 Å². The van der Waals surface area contributed by atoms with Gasteiger partial charge in [-0.05, 0) is 37.8 Å². The van der Waals surface area contributed by atoms with E-state index in [0.717, 1.165) is 17.7 Å². The molecule has 0 unspecified atom stereocenters. The van der Waals surface area contributed by atoms with Crippen LogP contribution in [-0.2, 0) is 0 Å². The fourth-order valence-corrected chi connectivity index (χ4v) is 2.93. The summed E-state index contributed by atoms with van der Waals surface area (Å²) in [5.41, 5.74) is 2.44. The Balaban J connectivity index is 2.64. The summed E-state index contributed by atoms with van der Waals surface area (Å²) in [5, 5.41) is 9.26. The molecule has 0 fully saturated rings. The zero-order valence-corrected chi connectivity index (χ0v) is 12.2. The van der Waals surface area contributed by atoms with Gasteiger partial charge >= 0.3 is 5.97 Å². The predicted octanol–water partition coefficient (Wildman–Crippen LogP) is 3.12. The van der Waals surface area contributed by atoms with Gasteiger partial charge in [0.25, 0.3) is 0 Å². The first-order valence-corrected chi connectivity index (χ1v) is 6.47. The second-order valence-electron chi connectivity index (χ2n) is 5.89. The van der Waals surface area contributed by atoms with Crippen LogP contribution in [0.15, 0.2) is 12.1 Å². The van der Waals surface area contributed by atoms with E-state index in [2.05, 4.69) is 25.7 Å². The average molecular weight is 263 g/mol. The lowest BCUT2D eigenvalue weighted by Gasteiger charge is -2.45. The molecule has 0 spiro atoms. The molecule has 2 rings (SSSR count). The zero-order valence-electron chi connectivity index (χ0n) is 12.2. The van der Waals surface area contributed by atoms with Crippen molar-refractivity contribution in [2.45, 2.75) is 38.6 Å². The Morgan fingerprint density at radius 1 is 1.47 bits per heavy atom. The summed E-state index contributed by atoms with van der Waals surface area (Å²) in [6.45, 7) is 6.54. The Morgan fingerprint density at radius 3 is 2.63 bits per heavy atom. The minimum atomic E-state index is -0.945. The summed E-state index contributed by atoms with van der Waals surface area (Å²) in [7, 11) is 3.55. The number of carboxylic acids is 1. The molecule has 1 heterocycles. The van der Waals surface area contributed by atoms with Crippen molar-refractivity contribution in [2.75, 3.05) is 19.1 Å². The molecule has 0 bridgehead atoms. The number of methoxy groups -OCH3 is 1. The van der Waals surface area contributed by atoms with E-state index in [1.807, 2.05) is 13.1 Å². The Labute approximate surface area is 114 Å². The maximum absolute atomic E-state index is 11.3. The minimum Gasteiger partial charge on any atom is -0.496 e. The third-order valence-corrected chi connectivity index (χ3v) is 4.19. The number of hydrogen-bond acceptors (Lipinski definition) is 3. The number of anilines is 1. The van der Waals surface area contributed by atoms with Gasteiger partial charge in [0, 0.05) is 24.3 Å². The molecule has 19 heavy (non-hydrogen) atoms. The molecule has 4 heteroatoms. The average Bonchev–Trinajstić information content (AvgIpc) is 2.34. The van der Waals surface area contributed by atoms with E-state index in [4.69, 9.17) is 4.74 Å². The maximum Gasteiger partial charge on any atom is 0.339 e. The molecule has 1 atom stereocenters. The summed E-state index contributed by atoms with van der Waals surface area (Å²) in [5.74, 6) is -0.187. The van der Waals surface area contributed by atoms with Crippen molar-refractivity contribution in [2.24, 2.45) is 0 Å². The second kappa shape index (κ2) is 4.44. The van der Waals surface area contributed by atoms with E-state index < -0.39 is 5.97 Å². The number of ether oxygens (including phenoxy) is 1. The van der Waals surface area contributed by atoms with E-state index >= 15 is 0 Å². The monoisotopic (exact) mass is 263 g/mol. The molecule has 1 aromatic rings. The maximum atomic E-state index is 11.3. The third-order valence-electron chi connectivity index (χ3n) is 4.19. The summed E-state index contributed by atoms with van der Waals surface area (Å²) in [6, 6.07) is 3.60. The molecule has 0 aliphatic carbocycles. The smallest absolute Gasteiger partial charge is 0.339 e. The van der Waals surface area contributed by atoms with Gasteiger partial charge in [0.15, 0.2) is 0 Å². The zero-order chi connectivity index (χ0) is 14.4. The largest absolute Gasteiger partial charge is 0.496 e. The summed E-state index contributed by atoms with van der Waals surface area (Å²) in [6.07, 6.45) is 1.00. The molecule has 4 nitrogen and oxygen atoms in total. The lowest BCUT2D eigenvalue weighted by molar-refractivity contribution is 0.0693. The number of aromatic carboxylic acids is 1. The molecule has 1 aromatic carbocycles. The first-order valence-electron chi connectivity index (χ1n) is 6.47. The van der Waals surface area contributed by atoms with Gasteiger partial charge in [0.2, 0.25) is 0 Å². The van der Waals surface area contributed by atoms with Crippen molar-refractivity contribution in [1.29, 1.82) is 0 Å². The van der Waals surface area contributed by atoms with Gasteiger partial charge in [0.05, 0.1) is 7.11 Å². The normalized spacial score (nSPS) is 20.9. The fraction of sp³-hybridized carbons (Fsp3) is 0.533. The van der Waals surface area contributed by atoms with E-state index in [1.165, 1.54) is 7.11 Å². The molecule has 0 radical (unpaired) electrons. The van der Waals surface area contributed by atoms with E-state index in [0.29, 0.717) is 11.7 Å². The van der Waals surface area contributed by atoms with Crippen LogP contribution >= 0.6 is 0 Å². The summed E-state index contributed by atoms with van der Waals surface area (Å²) >= 11 is 0. The van der Waals surface area contributed by atoms with Crippen molar-refractivity contribution in [3.8, 4) is 5.75 Å². The first-order chi connectivity index (χ1) is 8.77. The number of rotatable bonds is 2. The van der Waals surface area contributed by atoms with Crippen LogP contribution in [0.4, 0.5) is 5.69 Å². The van der Waals surface area contributed by atoms with Gasteiger partial charge in [-0.25, -0.2) is 4.79 Å². The highest BCUT2D eigenvalue weighted by Crippen LogP contribution is 2.44. The van der Waals surface area contributed by atoms with E-state index in [-0.39, 0.29) is 11.1 Å². The number of carbonyl (C=O) groups is 1. The van der Waals surface area contributed by atoms with Crippen LogP contribution in [-0.4, -0.2) is 30.8 Å². The molecule has 0 saturated heterocycles. The molecule has 0 saturated carbocycles. The molecule has 104 valence electrons. The van der Waals surface area contributed by atoms with Gasteiger partial charge in [-0.15, -0.1) is 0 Å². The van der Waals surface area contributed by atoms with Gasteiger partial charge in [0.1, 0.15) is 11.3 Å². The van der Waals surface area contributed by atoms with Crippen LogP contribution in [0.3, 0.4) is 0 Å². The van der Waals surface area contributed by atoms with Gasteiger partial charge in [-0.1, -0.05) is 6.92 Å². The van der Waals surface area contributed by atoms with E-state index in [9.17, 15) is 9.90 Å². The highest BCUT2D eigenvalue weighted by Gasteiger charge is 2.35. The number of benzene rings is 1. The van der Waals surface area contributed by atoms with Crippen molar-refractivity contribution in [1.82, 2.24) is 0 Å². The van der Waals surface area contributed by atoms with Crippen LogP contribution in [0.25, 0.3) is 0 Å². The van der Waals surface area contributed by atoms with Crippen LogP contribution in [0.1, 0.15) is 49.0 Å². The van der Waals surface area contributed by atoms with Crippen molar-refractivity contribution < 1.29 is 14.6 Å². The lowest BCUT2D eigenvalue weighted by atomic mass is 9.80. The highest BCUT2D eigenvalue weighted by molar-refractivity contribution is 5.92. The molecule has 1 aliphatic rings. The lowest BCUT2D eigenvalue weighted by Crippen LogP contribution is -2.45. The number of carboxylic acid groups (broad SMARTS) is 1. The van der Waals surface area contributed by atoms with Gasteiger partial charge in [-0.3, -0.25) is 0 Å². The second-order valence-corrected chi connectivity index (χ2v) is 5.89. The van der Waals surface area contributed by atoms with Crippen molar-refractivity contribution >= 4 is 11.7 Å². The number of nitrogens with zero attached hydrogens (tertiary/aromatic N) is 1. The van der Waals surface area contributed by atoms with Crippen molar-refractivity contribution in [3.05, 3.63) is 23.3 Å². The highest BCUT2D eigenvalue weighted by atomic mass is 16.5. The minimum absolute atomic E-state index is 0.0577. The predicted molar refractivity (Wildman–Crippen MR) is 75.5 cm³/mol. The SMILES string of the molecule is COc1cc2c(cc1C(=O)O)[C@H](C)CC(C)(C)N2C. The Bertz CT molecular complexity index is 522. The molecular weight excluding hydrogens is 242 g/mol. The van der Waals surface area contributed by atoms with Gasteiger partial charge in [-0.2, -0.15) is 0 Å². The number of hydrogen-bond donors (Lipinski definition) is 1. The van der Waals surface area contributed by atoms with Crippen molar-refractivity contribution in [3.63, 3.8) is 0 Å². The molecular formula is C15H21NO3. The van der Waals surface area contributed by atoms with Gasteiger partial charge < -0.3 is 14.7 Å².